The first kappa shape index (κ1) is 19.2. The predicted molar refractivity (Wildman–Crippen MR) is 133 cm³/mol. The Morgan fingerprint density at radius 1 is 0.875 bits per heavy atom. The lowest BCUT2D eigenvalue weighted by molar-refractivity contribution is 0.549. The summed E-state index contributed by atoms with van der Waals surface area (Å²) in [5.74, 6) is 0. The maximum absolute atomic E-state index is 5.83. The number of pyridine rings is 1. The van der Waals surface area contributed by atoms with Crippen molar-refractivity contribution in [2.24, 2.45) is 0 Å². The van der Waals surface area contributed by atoms with Crippen LogP contribution < -0.4 is 10.2 Å². The molecular formula is C25H19N5S2. The second-order valence-corrected chi connectivity index (χ2v) is 9.00. The number of aromatic nitrogens is 3. The summed E-state index contributed by atoms with van der Waals surface area (Å²) in [5, 5.41) is 5.16. The SMILES string of the molecule is S=C1N[C@H](c2ccccn2)[C@H](c2cccn2-c2nc3ccccc3s2)N1c1ccccc1. The van der Waals surface area contributed by atoms with Crippen LogP contribution in [0, 0.1) is 0 Å². The first-order chi connectivity index (χ1) is 15.8. The standard InChI is InChI=1S/C25H19N5S2/c31-24-28-22(19-12-6-7-15-26-19)23(30(24)17-9-2-1-3-10-17)20-13-8-16-29(20)25-27-18-11-4-5-14-21(18)32-25/h1-16,22-23H,(H,28,31)/t22-,23+/m1/s1. The third kappa shape index (κ3) is 3.18. The molecule has 0 unspecified atom stereocenters. The Labute approximate surface area is 195 Å². The second-order valence-electron chi connectivity index (χ2n) is 7.60. The van der Waals surface area contributed by atoms with Gasteiger partial charge in [0, 0.05) is 18.1 Å². The van der Waals surface area contributed by atoms with Gasteiger partial charge >= 0.3 is 0 Å². The Bertz CT molecular complexity index is 1360. The lowest BCUT2D eigenvalue weighted by Crippen LogP contribution is -2.30. The van der Waals surface area contributed by atoms with Gasteiger partial charge in [0.15, 0.2) is 10.2 Å². The van der Waals surface area contributed by atoms with E-state index in [1.165, 1.54) is 4.70 Å². The molecule has 2 aromatic carbocycles. The summed E-state index contributed by atoms with van der Waals surface area (Å²) < 4.78 is 3.35. The fraction of sp³-hybridized carbons (Fsp3) is 0.0800. The number of fused-ring (bicyclic) bond motifs is 1. The van der Waals surface area contributed by atoms with E-state index in [0.717, 1.165) is 27.7 Å². The van der Waals surface area contributed by atoms with Gasteiger partial charge in [-0.1, -0.05) is 47.7 Å². The highest BCUT2D eigenvalue weighted by Crippen LogP contribution is 2.42. The molecule has 0 spiro atoms. The number of thiazole rings is 1. The molecule has 0 amide bonds. The number of rotatable bonds is 4. The maximum Gasteiger partial charge on any atom is 0.194 e. The molecular weight excluding hydrogens is 434 g/mol. The average Bonchev–Trinajstić information content (AvgIpc) is 3.56. The lowest BCUT2D eigenvalue weighted by Gasteiger charge is -2.28. The molecule has 3 aromatic heterocycles. The number of benzene rings is 2. The molecule has 1 aliphatic heterocycles. The number of thiocarbonyl (C=S) groups is 1. The summed E-state index contributed by atoms with van der Waals surface area (Å²) in [5.41, 5.74) is 4.12. The Kier molecular flexibility index (Phi) is 4.70. The minimum Gasteiger partial charge on any atom is -0.351 e. The van der Waals surface area contributed by atoms with Crippen LogP contribution in [-0.2, 0) is 0 Å². The van der Waals surface area contributed by atoms with Crippen molar-refractivity contribution in [3.63, 3.8) is 0 Å². The number of anilines is 1. The quantitative estimate of drug-likeness (QED) is 0.356. The van der Waals surface area contributed by atoms with Gasteiger partial charge in [0.2, 0.25) is 0 Å². The van der Waals surface area contributed by atoms with Crippen molar-refractivity contribution in [3.05, 3.63) is 109 Å². The Hall–Kier alpha value is -3.55. The van der Waals surface area contributed by atoms with E-state index in [-0.39, 0.29) is 12.1 Å². The first-order valence-electron chi connectivity index (χ1n) is 10.4. The van der Waals surface area contributed by atoms with Gasteiger partial charge in [-0.25, -0.2) is 4.98 Å². The van der Waals surface area contributed by atoms with Gasteiger partial charge in [-0.2, -0.15) is 0 Å². The van der Waals surface area contributed by atoms with Crippen LogP contribution in [0.5, 0.6) is 0 Å². The first-order valence-corrected chi connectivity index (χ1v) is 11.6. The van der Waals surface area contributed by atoms with Gasteiger partial charge in [0.25, 0.3) is 0 Å². The maximum atomic E-state index is 5.83. The van der Waals surface area contributed by atoms with Crippen molar-refractivity contribution in [2.45, 2.75) is 12.1 Å². The van der Waals surface area contributed by atoms with Crippen LogP contribution >= 0.6 is 23.6 Å². The van der Waals surface area contributed by atoms with Crippen LogP contribution in [-0.4, -0.2) is 19.6 Å². The summed E-state index contributed by atoms with van der Waals surface area (Å²) in [6.07, 6.45) is 3.90. The van der Waals surface area contributed by atoms with Crippen LogP contribution in [0.2, 0.25) is 0 Å². The van der Waals surface area contributed by atoms with Crippen LogP contribution in [0.25, 0.3) is 15.3 Å². The third-order valence-electron chi connectivity index (χ3n) is 5.70. The number of nitrogens with one attached hydrogen (secondary N) is 1. The minimum absolute atomic E-state index is 0.0817. The van der Waals surface area contributed by atoms with Crippen LogP contribution in [0.1, 0.15) is 23.5 Å². The Balaban J connectivity index is 1.52. The molecule has 1 fully saturated rings. The summed E-state index contributed by atoms with van der Waals surface area (Å²) in [6, 6.07) is 28.6. The topological polar surface area (TPSA) is 46.0 Å². The highest BCUT2D eigenvalue weighted by molar-refractivity contribution is 7.80. The molecule has 156 valence electrons. The molecule has 7 heteroatoms. The van der Waals surface area contributed by atoms with Crippen molar-refractivity contribution in [2.75, 3.05) is 4.90 Å². The molecule has 32 heavy (non-hydrogen) atoms. The van der Waals surface area contributed by atoms with Crippen LogP contribution in [0.3, 0.4) is 0 Å². The largest absolute Gasteiger partial charge is 0.351 e. The molecule has 5 aromatic rings. The molecule has 2 atom stereocenters. The molecule has 0 bridgehead atoms. The van der Waals surface area contributed by atoms with E-state index in [9.17, 15) is 0 Å². The summed E-state index contributed by atoms with van der Waals surface area (Å²) >= 11 is 7.52. The summed E-state index contributed by atoms with van der Waals surface area (Å²) in [4.78, 5) is 11.7. The molecule has 5 nitrogen and oxygen atoms in total. The smallest absolute Gasteiger partial charge is 0.194 e. The van der Waals surface area contributed by atoms with E-state index in [2.05, 4.69) is 68.4 Å². The average molecular weight is 454 g/mol. The molecule has 0 radical (unpaired) electrons. The van der Waals surface area contributed by atoms with Crippen LogP contribution in [0.4, 0.5) is 5.69 Å². The predicted octanol–water partition coefficient (Wildman–Crippen LogP) is 5.66. The van der Waals surface area contributed by atoms with Gasteiger partial charge in [-0.15, -0.1) is 0 Å². The van der Waals surface area contributed by atoms with E-state index < -0.39 is 0 Å². The molecule has 0 aliphatic carbocycles. The highest BCUT2D eigenvalue weighted by atomic mass is 32.1. The van der Waals surface area contributed by atoms with Crippen molar-refractivity contribution in [3.8, 4) is 5.13 Å². The van der Waals surface area contributed by atoms with Crippen molar-refractivity contribution < 1.29 is 0 Å². The lowest BCUT2D eigenvalue weighted by atomic mass is 10.0. The van der Waals surface area contributed by atoms with Crippen LogP contribution in [0.15, 0.2) is 97.3 Å². The van der Waals surface area contributed by atoms with Gasteiger partial charge < -0.3 is 10.2 Å². The molecule has 1 N–H and O–H groups in total. The van der Waals surface area contributed by atoms with Crippen molar-refractivity contribution >= 4 is 44.6 Å². The minimum atomic E-state index is -0.0908. The van der Waals surface area contributed by atoms with Crippen molar-refractivity contribution in [1.29, 1.82) is 0 Å². The zero-order chi connectivity index (χ0) is 21.5. The van der Waals surface area contributed by atoms with E-state index in [0.29, 0.717) is 5.11 Å². The van der Waals surface area contributed by atoms with E-state index >= 15 is 0 Å². The number of hydrogen-bond donors (Lipinski definition) is 1. The summed E-state index contributed by atoms with van der Waals surface area (Å²) in [6.45, 7) is 0. The highest BCUT2D eigenvalue weighted by Gasteiger charge is 2.42. The third-order valence-corrected chi connectivity index (χ3v) is 7.05. The normalized spacial score (nSPS) is 18.2. The molecule has 4 heterocycles. The monoisotopic (exact) mass is 453 g/mol. The molecule has 0 saturated carbocycles. The van der Waals surface area contributed by atoms with E-state index in [4.69, 9.17) is 17.2 Å². The van der Waals surface area contributed by atoms with Gasteiger partial charge in [-0.3, -0.25) is 9.55 Å². The Morgan fingerprint density at radius 3 is 2.50 bits per heavy atom. The zero-order valence-electron chi connectivity index (χ0n) is 17.0. The van der Waals surface area contributed by atoms with E-state index in [1.54, 1.807) is 11.3 Å². The Morgan fingerprint density at radius 2 is 1.69 bits per heavy atom. The van der Waals surface area contributed by atoms with Gasteiger partial charge in [0.05, 0.1) is 27.6 Å². The fourth-order valence-electron chi connectivity index (χ4n) is 4.29. The number of para-hydroxylation sites is 2. The zero-order valence-corrected chi connectivity index (χ0v) is 18.6. The molecule has 6 rings (SSSR count). The van der Waals surface area contributed by atoms with Crippen molar-refractivity contribution in [1.82, 2.24) is 19.9 Å². The summed E-state index contributed by atoms with van der Waals surface area (Å²) in [7, 11) is 0. The van der Waals surface area contributed by atoms with Gasteiger partial charge in [0.1, 0.15) is 6.04 Å². The van der Waals surface area contributed by atoms with Gasteiger partial charge in [-0.05, 0) is 60.7 Å². The number of nitrogens with zero attached hydrogens (tertiary/aromatic N) is 4. The molecule has 1 saturated heterocycles. The number of hydrogen-bond acceptors (Lipinski definition) is 4. The molecule has 1 aliphatic rings. The van der Waals surface area contributed by atoms with E-state index in [1.807, 2.05) is 48.7 Å². The fourth-order valence-corrected chi connectivity index (χ4v) is 5.61. The second kappa shape index (κ2) is 7.85.